The zero-order chi connectivity index (χ0) is 22.4. The number of H-pyrrole nitrogens is 1. The Kier molecular flexibility index (Phi) is 7.11. The molecule has 166 valence electrons. The Morgan fingerprint density at radius 1 is 1.10 bits per heavy atom. The number of nitrogens with one attached hydrogen (secondary N) is 4. The van der Waals surface area contributed by atoms with Crippen LogP contribution in [-0.4, -0.2) is 45.3 Å². The molecule has 0 amide bonds. The average Bonchev–Trinajstić information content (AvgIpc) is 3.11. The second kappa shape index (κ2) is 9.78. The Morgan fingerprint density at radius 3 is 2.61 bits per heavy atom. The van der Waals surface area contributed by atoms with Crippen molar-refractivity contribution in [1.82, 2.24) is 15.6 Å². The van der Waals surface area contributed by atoms with Gasteiger partial charge in [0.1, 0.15) is 11.6 Å². The highest BCUT2D eigenvalue weighted by Crippen LogP contribution is 2.19. The Hall–Kier alpha value is -3.14. The van der Waals surface area contributed by atoms with Gasteiger partial charge in [-0.25, -0.2) is 17.2 Å². The van der Waals surface area contributed by atoms with Crippen LogP contribution in [0.25, 0.3) is 10.9 Å². The predicted octanol–water partition coefficient (Wildman–Crippen LogP) is 2.90. The number of guanidine groups is 1. The highest BCUT2D eigenvalue weighted by molar-refractivity contribution is 7.92. The lowest BCUT2D eigenvalue weighted by molar-refractivity contribution is 0.599. The lowest BCUT2D eigenvalue weighted by Gasteiger charge is -2.13. The minimum absolute atomic E-state index is 0.113. The predicted molar refractivity (Wildman–Crippen MR) is 120 cm³/mol. The number of aromatic amines is 1. The van der Waals surface area contributed by atoms with E-state index in [1.165, 1.54) is 24.3 Å². The van der Waals surface area contributed by atoms with E-state index in [0.29, 0.717) is 24.5 Å². The first-order valence-electron chi connectivity index (χ1n) is 9.74. The van der Waals surface area contributed by atoms with Crippen molar-refractivity contribution in [3.8, 4) is 0 Å². The van der Waals surface area contributed by atoms with Gasteiger partial charge in [0.05, 0.1) is 11.4 Å². The number of fused-ring (bicyclic) bond motifs is 1. The number of halogens is 2. The van der Waals surface area contributed by atoms with Gasteiger partial charge in [-0.05, 0) is 54.8 Å². The van der Waals surface area contributed by atoms with Crippen LogP contribution in [0.3, 0.4) is 0 Å². The second-order valence-corrected chi connectivity index (χ2v) is 8.91. The van der Waals surface area contributed by atoms with Crippen LogP contribution in [0.4, 0.5) is 14.5 Å². The summed E-state index contributed by atoms with van der Waals surface area (Å²) in [5.74, 6) is -0.532. The monoisotopic (exact) mass is 449 g/mol. The minimum atomic E-state index is -3.65. The number of hydrogen-bond donors (Lipinski definition) is 4. The molecule has 0 radical (unpaired) electrons. The summed E-state index contributed by atoms with van der Waals surface area (Å²) >= 11 is 0. The SMILES string of the molecule is CN=C(NCCc1c[nH]c2ccc(F)cc12)NCCS(=O)(=O)Nc1ccc(C)c(F)c1. The fourth-order valence-corrected chi connectivity index (χ4v) is 4.04. The first-order valence-corrected chi connectivity index (χ1v) is 11.4. The van der Waals surface area contributed by atoms with Gasteiger partial charge in [0.2, 0.25) is 10.0 Å². The number of hydrogen-bond acceptors (Lipinski definition) is 3. The molecule has 1 heterocycles. The van der Waals surface area contributed by atoms with E-state index in [9.17, 15) is 17.2 Å². The fraction of sp³-hybridized carbons (Fsp3) is 0.286. The van der Waals surface area contributed by atoms with Crippen molar-refractivity contribution in [3.05, 3.63) is 65.4 Å². The third-order valence-corrected chi connectivity index (χ3v) is 6.04. The molecule has 3 rings (SSSR count). The summed E-state index contributed by atoms with van der Waals surface area (Å²) < 4.78 is 53.9. The Balaban J connectivity index is 1.46. The third-order valence-electron chi connectivity index (χ3n) is 4.75. The largest absolute Gasteiger partial charge is 0.361 e. The summed E-state index contributed by atoms with van der Waals surface area (Å²) in [6.45, 7) is 2.24. The molecule has 0 spiro atoms. The molecule has 0 saturated carbocycles. The number of aliphatic imine (C=N–C) groups is 1. The van der Waals surface area contributed by atoms with Gasteiger partial charge in [-0.15, -0.1) is 0 Å². The van der Waals surface area contributed by atoms with E-state index in [4.69, 9.17) is 0 Å². The Morgan fingerprint density at radius 2 is 1.87 bits per heavy atom. The van der Waals surface area contributed by atoms with E-state index in [2.05, 4.69) is 25.3 Å². The van der Waals surface area contributed by atoms with Crippen LogP contribution in [0.1, 0.15) is 11.1 Å². The molecule has 0 aliphatic carbocycles. The van der Waals surface area contributed by atoms with Gasteiger partial charge in [-0.2, -0.15) is 0 Å². The first-order chi connectivity index (χ1) is 14.8. The zero-order valence-corrected chi connectivity index (χ0v) is 18.1. The van der Waals surface area contributed by atoms with Crippen LogP contribution in [-0.2, 0) is 16.4 Å². The zero-order valence-electron chi connectivity index (χ0n) is 17.3. The molecular weight excluding hydrogens is 424 g/mol. The standard InChI is InChI=1S/C21H25F2N5O2S/c1-14-3-5-17(12-19(14)23)28-31(29,30)10-9-26-21(24-2)25-8-7-15-13-27-20-6-4-16(22)11-18(15)20/h3-6,11-13,27-28H,7-10H2,1-2H3,(H2,24,25,26). The smallest absolute Gasteiger partial charge is 0.234 e. The van der Waals surface area contributed by atoms with E-state index in [1.807, 2.05) is 6.20 Å². The van der Waals surface area contributed by atoms with E-state index < -0.39 is 15.8 Å². The van der Waals surface area contributed by atoms with Crippen molar-refractivity contribution >= 4 is 32.6 Å². The summed E-state index contributed by atoms with van der Waals surface area (Å²) in [6.07, 6.45) is 2.47. The van der Waals surface area contributed by atoms with Gasteiger partial charge in [0.15, 0.2) is 5.96 Å². The molecular formula is C21H25F2N5O2S. The topological polar surface area (TPSA) is 98.4 Å². The number of rotatable bonds is 8. The number of nitrogens with zero attached hydrogens (tertiary/aromatic N) is 1. The van der Waals surface area contributed by atoms with Crippen molar-refractivity contribution in [3.63, 3.8) is 0 Å². The summed E-state index contributed by atoms with van der Waals surface area (Å²) in [5, 5.41) is 6.87. The van der Waals surface area contributed by atoms with E-state index in [0.717, 1.165) is 22.5 Å². The molecule has 4 N–H and O–H groups in total. The normalized spacial score (nSPS) is 12.2. The summed E-state index contributed by atoms with van der Waals surface area (Å²) in [4.78, 5) is 7.18. The minimum Gasteiger partial charge on any atom is -0.361 e. The fourth-order valence-electron chi connectivity index (χ4n) is 3.08. The summed E-state index contributed by atoms with van der Waals surface area (Å²) in [5.41, 5.74) is 2.46. The summed E-state index contributed by atoms with van der Waals surface area (Å²) in [6, 6.07) is 8.77. The van der Waals surface area contributed by atoms with Gasteiger partial charge in [0.25, 0.3) is 0 Å². The van der Waals surface area contributed by atoms with Gasteiger partial charge in [-0.3, -0.25) is 9.71 Å². The number of aryl methyl sites for hydroxylation is 1. The van der Waals surface area contributed by atoms with Crippen molar-refractivity contribution in [1.29, 1.82) is 0 Å². The Labute approximate surface area is 180 Å². The number of benzene rings is 2. The van der Waals surface area contributed by atoms with Gasteiger partial charge in [-0.1, -0.05) is 6.07 Å². The maximum absolute atomic E-state index is 13.6. The molecule has 0 fully saturated rings. The number of sulfonamides is 1. The highest BCUT2D eigenvalue weighted by Gasteiger charge is 2.12. The number of anilines is 1. The molecule has 0 bridgehead atoms. The lowest BCUT2D eigenvalue weighted by Crippen LogP contribution is -2.40. The van der Waals surface area contributed by atoms with E-state index in [1.54, 1.807) is 20.0 Å². The third kappa shape index (κ3) is 6.17. The van der Waals surface area contributed by atoms with Crippen LogP contribution in [0.15, 0.2) is 47.6 Å². The first kappa shape index (κ1) is 22.5. The maximum Gasteiger partial charge on any atom is 0.234 e. The Bertz CT molecular complexity index is 1190. The van der Waals surface area contributed by atoms with Crippen LogP contribution in [0, 0.1) is 18.6 Å². The van der Waals surface area contributed by atoms with Crippen molar-refractivity contribution in [2.45, 2.75) is 13.3 Å². The van der Waals surface area contributed by atoms with Crippen LogP contribution < -0.4 is 15.4 Å². The molecule has 0 unspecified atom stereocenters. The average molecular weight is 450 g/mol. The molecule has 7 nitrogen and oxygen atoms in total. The summed E-state index contributed by atoms with van der Waals surface area (Å²) in [7, 11) is -2.07. The van der Waals surface area contributed by atoms with E-state index >= 15 is 0 Å². The van der Waals surface area contributed by atoms with Crippen LogP contribution >= 0.6 is 0 Å². The van der Waals surface area contributed by atoms with Crippen LogP contribution in [0.2, 0.25) is 0 Å². The molecule has 2 aromatic carbocycles. The molecule has 0 saturated heterocycles. The van der Waals surface area contributed by atoms with Crippen molar-refractivity contribution in [2.75, 3.05) is 30.6 Å². The molecule has 0 atom stereocenters. The van der Waals surface area contributed by atoms with Gasteiger partial charge < -0.3 is 15.6 Å². The van der Waals surface area contributed by atoms with Gasteiger partial charge >= 0.3 is 0 Å². The molecule has 0 aliphatic heterocycles. The lowest BCUT2D eigenvalue weighted by atomic mass is 10.1. The molecule has 31 heavy (non-hydrogen) atoms. The highest BCUT2D eigenvalue weighted by atomic mass is 32.2. The second-order valence-electron chi connectivity index (χ2n) is 7.06. The van der Waals surface area contributed by atoms with Crippen molar-refractivity contribution in [2.24, 2.45) is 4.99 Å². The molecule has 10 heteroatoms. The van der Waals surface area contributed by atoms with Crippen LogP contribution in [0.5, 0.6) is 0 Å². The van der Waals surface area contributed by atoms with E-state index in [-0.39, 0.29) is 23.8 Å². The maximum atomic E-state index is 13.6. The quantitative estimate of drug-likeness (QED) is 0.314. The van der Waals surface area contributed by atoms with Gasteiger partial charge in [0, 0.05) is 37.2 Å². The van der Waals surface area contributed by atoms with Crippen molar-refractivity contribution < 1.29 is 17.2 Å². The molecule has 3 aromatic rings. The molecule has 1 aromatic heterocycles. The molecule has 0 aliphatic rings. The number of aromatic nitrogens is 1.